The SMILES string of the molecule is Cc1cccc(N(CC(=O)N(Cc2ccccc2Cl)[C@@H](C)C(=O)NCC(C)C)S(=O)(=O)c2ccccc2)c1C. The molecule has 9 heteroatoms. The largest absolute Gasteiger partial charge is 0.354 e. The van der Waals surface area contributed by atoms with E-state index in [9.17, 15) is 18.0 Å². The number of rotatable bonds is 11. The van der Waals surface area contributed by atoms with Gasteiger partial charge in [0.15, 0.2) is 0 Å². The van der Waals surface area contributed by atoms with Crippen LogP contribution in [0.2, 0.25) is 5.02 Å². The molecule has 39 heavy (non-hydrogen) atoms. The molecule has 0 aliphatic rings. The van der Waals surface area contributed by atoms with Gasteiger partial charge >= 0.3 is 0 Å². The molecular weight excluding hydrogens is 534 g/mol. The van der Waals surface area contributed by atoms with Crippen molar-refractivity contribution < 1.29 is 18.0 Å². The van der Waals surface area contributed by atoms with Crippen molar-refractivity contribution in [1.82, 2.24) is 10.2 Å². The zero-order valence-corrected chi connectivity index (χ0v) is 24.6. The first-order chi connectivity index (χ1) is 18.4. The second-order valence-corrected chi connectivity index (χ2v) is 12.2. The summed E-state index contributed by atoms with van der Waals surface area (Å²) in [4.78, 5) is 28.5. The van der Waals surface area contributed by atoms with Gasteiger partial charge in [0.25, 0.3) is 10.0 Å². The highest BCUT2D eigenvalue weighted by atomic mass is 35.5. The van der Waals surface area contributed by atoms with Crippen LogP contribution in [0, 0.1) is 19.8 Å². The topological polar surface area (TPSA) is 86.8 Å². The third-order valence-corrected chi connectivity index (χ3v) is 8.75. The lowest BCUT2D eigenvalue weighted by molar-refractivity contribution is -0.139. The van der Waals surface area contributed by atoms with Crippen LogP contribution in [-0.2, 0) is 26.2 Å². The Morgan fingerprint density at radius 2 is 1.54 bits per heavy atom. The van der Waals surface area contributed by atoms with Gasteiger partial charge < -0.3 is 10.2 Å². The van der Waals surface area contributed by atoms with E-state index in [0.717, 1.165) is 15.4 Å². The van der Waals surface area contributed by atoms with Crippen molar-refractivity contribution in [3.05, 3.63) is 94.5 Å². The summed E-state index contributed by atoms with van der Waals surface area (Å²) in [5.41, 5.74) is 2.69. The van der Waals surface area contributed by atoms with E-state index in [2.05, 4.69) is 5.32 Å². The molecule has 0 saturated carbocycles. The molecule has 0 bridgehead atoms. The normalized spacial score (nSPS) is 12.2. The lowest BCUT2D eigenvalue weighted by Crippen LogP contribution is -2.51. The molecule has 0 aromatic heterocycles. The van der Waals surface area contributed by atoms with Gasteiger partial charge in [-0.3, -0.25) is 13.9 Å². The molecule has 7 nitrogen and oxygen atoms in total. The first-order valence-corrected chi connectivity index (χ1v) is 14.7. The van der Waals surface area contributed by atoms with Gasteiger partial charge in [0, 0.05) is 18.1 Å². The zero-order chi connectivity index (χ0) is 28.7. The summed E-state index contributed by atoms with van der Waals surface area (Å²) >= 11 is 6.41. The van der Waals surface area contributed by atoms with Crippen molar-refractivity contribution in [2.75, 3.05) is 17.4 Å². The monoisotopic (exact) mass is 569 g/mol. The summed E-state index contributed by atoms with van der Waals surface area (Å²) in [6.45, 7) is 9.31. The van der Waals surface area contributed by atoms with Gasteiger partial charge in [0.05, 0.1) is 10.6 Å². The van der Waals surface area contributed by atoms with Gasteiger partial charge in [-0.25, -0.2) is 8.42 Å². The van der Waals surface area contributed by atoms with Gasteiger partial charge in [0.1, 0.15) is 12.6 Å². The van der Waals surface area contributed by atoms with E-state index in [1.165, 1.54) is 17.0 Å². The highest BCUT2D eigenvalue weighted by Gasteiger charge is 2.33. The van der Waals surface area contributed by atoms with Crippen LogP contribution in [0.4, 0.5) is 5.69 Å². The van der Waals surface area contributed by atoms with Crippen LogP contribution in [-0.4, -0.2) is 44.3 Å². The summed E-state index contributed by atoms with van der Waals surface area (Å²) in [5, 5.41) is 3.33. The van der Waals surface area contributed by atoms with Crippen LogP contribution in [0.1, 0.15) is 37.5 Å². The highest BCUT2D eigenvalue weighted by Crippen LogP contribution is 2.29. The predicted molar refractivity (Wildman–Crippen MR) is 156 cm³/mol. The summed E-state index contributed by atoms with van der Waals surface area (Å²) in [6.07, 6.45) is 0. The molecule has 1 N–H and O–H groups in total. The minimum absolute atomic E-state index is 0.0425. The lowest BCUT2D eigenvalue weighted by atomic mass is 10.1. The fraction of sp³-hybridized carbons (Fsp3) is 0.333. The Labute approximate surface area is 236 Å². The van der Waals surface area contributed by atoms with Gasteiger partial charge in [-0.05, 0) is 67.6 Å². The highest BCUT2D eigenvalue weighted by molar-refractivity contribution is 7.92. The average molecular weight is 570 g/mol. The number of carbonyl (C=O) groups excluding carboxylic acids is 2. The molecule has 3 aromatic rings. The standard InChI is InChI=1S/C30H36ClN3O4S/c1-21(2)18-32-30(36)24(5)33(19-25-13-9-10-16-27(25)31)29(35)20-34(28-17-11-12-22(3)23(28)4)39(37,38)26-14-7-6-8-15-26/h6-17,21,24H,18-20H2,1-5H3,(H,32,36)/t24-/m0/s1. The minimum Gasteiger partial charge on any atom is -0.354 e. The van der Waals surface area contributed by atoms with Crippen LogP contribution in [0.15, 0.2) is 77.7 Å². The lowest BCUT2D eigenvalue weighted by Gasteiger charge is -2.33. The number of aryl methyl sites for hydroxylation is 1. The maximum atomic E-state index is 14.0. The average Bonchev–Trinajstić information content (AvgIpc) is 2.91. The van der Waals surface area contributed by atoms with Gasteiger partial charge in [0.2, 0.25) is 11.8 Å². The Kier molecular flexibility index (Phi) is 10.2. The molecule has 0 aliphatic heterocycles. The molecule has 3 aromatic carbocycles. The second-order valence-electron chi connectivity index (χ2n) is 9.97. The van der Waals surface area contributed by atoms with E-state index in [0.29, 0.717) is 22.8 Å². The maximum absolute atomic E-state index is 14.0. The van der Waals surface area contributed by atoms with Crippen LogP contribution < -0.4 is 9.62 Å². The maximum Gasteiger partial charge on any atom is 0.264 e. The third-order valence-electron chi connectivity index (χ3n) is 6.61. The Balaban J connectivity index is 2.05. The minimum atomic E-state index is -4.11. The van der Waals surface area contributed by atoms with E-state index < -0.39 is 28.5 Å². The molecule has 0 saturated heterocycles. The van der Waals surface area contributed by atoms with Gasteiger partial charge in [-0.15, -0.1) is 0 Å². The number of hydrogen-bond donors (Lipinski definition) is 1. The van der Waals surface area contributed by atoms with E-state index in [4.69, 9.17) is 11.6 Å². The molecule has 0 spiro atoms. The number of carbonyl (C=O) groups is 2. The van der Waals surface area contributed by atoms with Crippen LogP contribution >= 0.6 is 11.6 Å². The number of halogens is 1. The fourth-order valence-corrected chi connectivity index (χ4v) is 5.77. The number of amides is 2. The summed E-state index contributed by atoms with van der Waals surface area (Å²) in [5.74, 6) is -0.625. The molecule has 208 valence electrons. The molecule has 0 aliphatic carbocycles. The number of benzene rings is 3. The van der Waals surface area contributed by atoms with E-state index >= 15 is 0 Å². The van der Waals surface area contributed by atoms with Crippen molar-refractivity contribution in [2.45, 2.75) is 52.1 Å². The van der Waals surface area contributed by atoms with Crippen LogP contribution in [0.25, 0.3) is 0 Å². The summed E-state index contributed by atoms with van der Waals surface area (Å²) in [7, 11) is -4.11. The Morgan fingerprint density at radius 3 is 2.18 bits per heavy atom. The molecular formula is C30H36ClN3O4S. The molecule has 0 heterocycles. The van der Waals surface area contributed by atoms with Crippen molar-refractivity contribution in [3.8, 4) is 0 Å². The van der Waals surface area contributed by atoms with Crippen molar-refractivity contribution in [3.63, 3.8) is 0 Å². The molecule has 3 rings (SSSR count). The van der Waals surface area contributed by atoms with Crippen LogP contribution in [0.5, 0.6) is 0 Å². The van der Waals surface area contributed by atoms with E-state index in [1.54, 1.807) is 61.5 Å². The first-order valence-electron chi connectivity index (χ1n) is 12.9. The summed E-state index contributed by atoms with van der Waals surface area (Å²) < 4.78 is 28.9. The quantitative estimate of drug-likeness (QED) is 0.338. The molecule has 0 unspecified atom stereocenters. The Bertz CT molecular complexity index is 1410. The Morgan fingerprint density at radius 1 is 0.897 bits per heavy atom. The smallest absolute Gasteiger partial charge is 0.264 e. The molecule has 0 radical (unpaired) electrons. The number of sulfonamides is 1. The predicted octanol–water partition coefficient (Wildman–Crippen LogP) is 5.34. The van der Waals surface area contributed by atoms with E-state index in [1.807, 2.05) is 33.8 Å². The number of hydrogen-bond acceptors (Lipinski definition) is 4. The van der Waals surface area contributed by atoms with Crippen molar-refractivity contribution >= 4 is 39.1 Å². The number of nitrogens with zero attached hydrogens (tertiary/aromatic N) is 2. The Hall–Kier alpha value is -3.36. The molecule has 0 fully saturated rings. The van der Waals surface area contributed by atoms with Crippen molar-refractivity contribution in [1.29, 1.82) is 0 Å². The number of nitrogens with one attached hydrogen (secondary N) is 1. The summed E-state index contributed by atoms with van der Waals surface area (Å²) in [6, 6.07) is 19.6. The van der Waals surface area contributed by atoms with Crippen molar-refractivity contribution in [2.24, 2.45) is 5.92 Å². The zero-order valence-electron chi connectivity index (χ0n) is 23.0. The van der Waals surface area contributed by atoms with Gasteiger partial charge in [-0.1, -0.05) is 74.0 Å². The fourth-order valence-electron chi connectivity index (χ4n) is 4.08. The second kappa shape index (κ2) is 13.1. The molecule has 2 amide bonds. The third kappa shape index (κ3) is 7.40. The van der Waals surface area contributed by atoms with Crippen LogP contribution in [0.3, 0.4) is 0 Å². The van der Waals surface area contributed by atoms with Gasteiger partial charge in [-0.2, -0.15) is 0 Å². The molecule has 1 atom stereocenters. The first kappa shape index (κ1) is 30.2. The number of anilines is 1. The van der Waals surface area contributed by atoms with E-state index in [-0.39, 0.29) is 23.3 Å².